The predicted molar refractivity (Wildman–Crippen MR) is 131 cm³/mol. The Hall–Kier alpha value is -3.19. The maximum atomic E-state index is 12.5. The summed E-state index contributed by atoms with van der Waals surface area (Å²) in [6, 6.07) is 18.1. The number of hydrogen-bond acceptors (Lipinski definition) is 4. The van der Waals surface area contributed by atoms with Gasteiger partial charge in [0.15, 0.2) is 17.2 Å². The average molecular weight is 516 g/mol. The summed E-state index contributed by atoms with van der Waals surface area (Å²) >= 11 is 18.7. The molecule has 0 unspecified atom stereocenters. The molecular formula is C25H17Cl3N2O4. The van der Waals surface area contributed by atoms with Crippen LogP contribution in [0.1, 0.15) is 27.2 Å². The number of aromatic nitrogens is 2. The number of carboxylic acid groups (broad SMARTS) is 1. The fourth-order valence-electron chi connectivity index (χ4n) is 3.94. The fourth-order valence-corrected chi connectivity index (χ4v) is 4.49. The number of aromatic carboxylic acids is 1. The van der Waals surface area contributed by atoms with Crippen molar-refractivity contribution in [1.82, 2.24) is 9.78 Å². The third kappa shape index (κ3) is 4.32. The molecule has 1 aliphatic heterocycles. The molecule has 0 atom stereocenters. The smallest absolute Gasteiger partial charge is 0.354 e. The Morgan fingerprint density at radius 1 is 0.941 bits per heavy atom. The van der Waals surface area contributed by atoms with Crippen LogP contribution < -0.4 is 9.47 Å². The quantitative estimate of drug-likeness (QED) is 0.314. The topological polar surface area (TPSA) is 73.6 Å². The van der Waals surface area contributed by atoms with Crippen molar-refractivity contribution in [2.75, 3.05) is 6.79 Å². The van der Waals surface area contributed by atoms with Crippen LogP contribution >= 0.6 is 34.8 Å². The van der Waals surface area contributed by atoms with Gasteiger partial charge in [-0.2, -0.15) is 5.10 Å². The van der Waals surface area contributed by atoms with Gasteiger partial charge in [-0.15, -0.1) is 0 Å². The number of carboxylic acids is 1. The molecule has 0 bridgehead atoms. The first-order valence-electron chi connectivity index (χ1n) is 10.3. The molecule has 0 spiro atoms. The van der Waals surface area contributed by atoms with E-state index < -0.39 is 5.97 Å². The molecule has 2 heterocycles. The van der Waals surface area contributed by atoms with Crippen LogP contribution in [0.3, 0.4) is 0 Å². The Kier molecular flexibility index (Phi) is 6.13. The SMILES string of the molecule is O=C(O)c1c(Cc2cc3c(cc2Cl)OCO3)c(-c2ccccc2)nn1Cc1ccc(Cl)c(Cl)c1. The normalized spacial score (nSPS) is 12.2. The van der Waals surface area contributed by atoms with Gasteiger partial charge in [-0.3, -0.25) is 4.68 Å². The molecule has 0 saturated heterocycles. The number of carbonyl (C=O) groups is 1. The molecular weight excluding hydrogens is 499 g/mol. The lowest BCUT2D eigenvalue weighted by Gasteiger charge is -2.09. The summed E-state index contributed by atoms with van der Waals surface area (Å²) in [5.41, 5.74) is 3.45. The van der Waals surface area contributed by atoms with Crippen LogP contribution in [0, 0.1) is 0 Å². The van der Waals surface area contributed by atoms with Crippen molar-refractivity contribution in [3.63, 3.8) is 0 Å². The summed E-state index contributed by atoms with van der Waals surface area (Å²) < 4.78 is 12.4. The lowest BCUT2D eigenvalue weighted by molar-refractivity contribution is 0.0683. The van der Waals surface area contributed by atoms with Crippen molar-refractivity contribution < 1.29 is 19.4 Å². The highest BCUT2D eigenvalue weighted by molar-refractivity contribution is 6.42. The Labute approximate surface area is 210 Å². The van der Waals surface area contributed by atoms with Crippen molar-refractivity contribution in [2.45, 2.75) is 13.0 Å². The molecule has 0 saturated carbocycles. The average Bonchev–Trinajstić information content (AvgIpc) is 3.41. The van der Waals surface area contributed by atoms with Gasteiger partial charge in [-0.25, -0.2) is 4.79 Å². The van der Waals surface area contributed by atoms with Gasteiger partial charge in [-0.05, 0) is 29.3 Å². The van der Waals surface area contributed by atoms with Gasteiger partial charge in [0.05, 0.1) is 22.3 Å². The molecule has 3 aromatic carbocycles. The van der Waals surface area contributed by atoms with E-state index in [0.29, 0.717) is 43.4 Å². The molecule has 4 aromatic rings. The first-order valence-corrected chi connectivity index (χ1v) is 11.4. The monoisotopic (exact) mass is 514 g/mol. The molecule has 1 aromatic heterocycles. The summed E-state index contributed by atoms with van der Waals surface area (Å²) in [6.07, 6.45) is 0.239. The molecule has 5 rings (SSSR count). The van der Waals surface area contributed by atoms with Gasteiger partial charge in [0.25, 0.3) is 0 Å². The molecule has 0 amide bonds. The third-order valence-electron chi connectivity index (χ3n) is 5.53. The minimum atomic E-state index is -1.10. The minimum absolute atomic E-state index is 0.0682. The van der Waals surface area contributed by atoms with Gasteiger partial charge in [0, 0.05) is 28.6 Å². The maximum Gasteiger partial charge on any atom is 0.354 e. The molecule has 6 nitrogen and oxygen atoms in total. The molecule has 0 aliphatic carbocycles. The van der Waals surface area contributed by atoms with Crippen LogP contribution in [0.25, 0.3) is 11.3 Å². The number of hydrogen-bond donors (Lipinski definition) is 1. The van der Waals surface area contributed by atoms with Crippen LogP contribution in [0.2, 0.25) is 15.1 Å². The van der Waals surface area contributed by atoms with E-state index in [2.05, 4.69) is 0 Å². The van der Waals surface area contributed by atoms with Gasteiger partial charge in [-0.1, -0.05) is 71.2 Å². The maximum absolute atomic E-state index is 12.5. The number of fused-ring (bicyclic) bond motifs is 1. The number of nitrogens with zero attached hydrogens (tertiary/aromatic N) is 2. The first-order chi connectivity index (χ1) is 16.4. The second-order valence-corrected chi connectivity index (χ2v) is 8.95. The van der Waals surface area contributed by atoms with Crippen molar-refractivity contribution in [3.05, 3.63) is 98.1 Å². The summed E-state index contributed by atoms with van der Waals surface area (Å²) in [6.45, 7) is 0.319. The largest absolute Gasteiger partial charge is 0.477 e. The van der Waals surface area contributed by atoms with E-state index in [-0.39, 0.29) is 25.5 Å². The Morgan fingerprint density at radius 3 is 2.38 bits per heavy atom. The van der Waals surface area contributed by atoms with Crippen molar-refractivity contribution >= 4 is 40.8 Å². The lowest BCUT2D eigenvalue weighted by atomic mass is 9.98. The molecule has 0 radical (unpaired) electrons. The summed E-state index contributed by atoms with van der Waals surface area (Å²) in [4.78, 5) is 12.5. The standard InChI is InChI=1S/C25H17Cl3N2O4/c26-18-7-6-14(8-20(18)28)12-30-24(25(31)32)17(23(29-30)15-4-2-1-3-5-15)9-16-10-21-22(11-19(16)27)34-13-33-21/h1-8,10-11H,9,12-13H2,(H,31,32). The molecule has 172 valence electrons. The highest BCUT2D eigenvalue weighted by Gasteiger charge is 2.26. The fraction of sp³-hybridized carbons (Fsp3) is 0.120. The lowest BCUT2D eigenvalue weighted by Crippen LogP contribution is -2.13. The highest BCUT2D eigenvalue weighted by Crippen LogP contribution is 2.39. The number of benzene rings is 3. The Balaban J connectivity index is 1.64. The number of ether oxygens (including phenoxy) is 2. The second-order valence-electron chi connectivity index (χ2n) is 7.73. The summed E-state index contributed by atoms with van der Waals surface area (Å²) in [5, 5.41) is 16.2. The van der Waals surface area contributed by atoms with Crippen LogP contribution in [0.5, 0.6) is 11.5 Å². The van der Waals surface area contributed by atoms with E-state index in [1.54, 1.807) is 30.3 Å². The summed E-state index contributed by atoms with van der Waals surface area (Å²) in [7, 11) is 0. The predicted octanol–water partition coefficient (Wildman–Crippen LogP) is 6.58. The van der Waals surface area contributed by atoms with E-state index in [1.807, 2.05) is 30.3 Å². The number of halogens is 3. The number of rotatable bonds is 6. The molecule has 0 fully saturated rings. The Morgan fingerprint density at radius 2 is 1.68 bits per heavy atom. The highest BCUT2D eigenvalue weighted by atomic mass is 35.5. The summed E-state index contributed by atoms with van der Waals surface area (Å²) in [5.74, 6) is 0.0353. The van der Waals surface area contributed by atoms with Crippen molar-refractivity contribution in [2.24, 2.45) is 0 Å². The van der Waals surface area contributed by atoms with E-state index in [1.165, 1.54) is 4.68 Å². The van der Waals surface area contributed by atoms with Crippen LogP contribution in [-0.4, -0.2) is 27.6 Å². The Bertz CT molecular complexity index is 1400. The van der Waals surface area contributed by atoms with Crippen molar-refractivity contribution in [1.29, 1.82) is 0 Å². The van der Waals surface area contributed by atoms with E-state index in [4.69, 9.17) is 49.4 Å². The zero-order valence-corrected chi connectivity index (χ0v) is 19.9. The van der Waals surface area contributed by atoms with Crippen LogP contribution in [-0.2, 0) is 13.0 Å². The zero-order chi connectivity index (χ0) is 23.8. The minimum Gasteiger partial charge on any atom is -0.477 e. The first kappa shape index (κ1) is 22.6. The van der Waals surface area contributed by atoms with Gasteiger partial charge >= 0.3 is 5.97 Å². The molecule has 9 heteroatoms. The van der Waals surface area contributed by atoms with E-state index in [9.17, 15) is 9.90 Å². The van der Waals surface area contributed by atoms with E-state index in [0.717, 1.165) is 11.1 Å². The van der Waals surface area contributed by atoms with Crippen molar-refractivity contribution in [3.8, 4) is 22.8 Å². The molecule has 34 heavy (non-hydrogen) atoms. The second kappa shape index (κ2) is 9.22. The molecule has 1 N–H and O–H groups in total. The third-order valence-corrected chi connectivity index (χ3v) is 6.62. The zero-order valence-electron chi connectivity index (χ0n) is 17.6. The van der Waals surface area contributed by atoms with E-state index >= 15 is 0 Å². The van der Waals surface area contributed by atoms with Gasteiger partial charge < -0.3 is 14.6 Å². The molecule has 1 aliphatic rings. The van der Waals surface area contributed by atoms with Crippen LogP contribution in [0.4, 0.5) is 0 Å². The van der Waals surface area contributed by atoms with Gasteiger partial charge in [0.1, 0.15) is 0 Å². The van der Waals surface area contributed by atoms with Crippen LogP contribution in [0.15, 0.2) is 60.7 Å². The van der Waals surface area contributed by atoms with Gasteiger partial charge in [0.2, 0.25) is 6.79 Å².